The maximum absolute atomic E-state index is 11.5. The van der Waals surface area contributed by atoms with Gasteiger partial charge in [0, 0.05) is 6.20 Å². The summed E-state index contributed by atoms with van der Waals surface area (Å²) in [5, 5.41) is 0. The molecule has 3 rings (SSSR count). The van der Waals surface area contributed by atoms with Crippen molar-refractivity contribution in [2.24, 2.45) is 0 Å². The Labute approximate surface area is 98.1 Å². The number of aromatic nitrogens is 2. The predicted molar refractivity (Wildman–Crippen MR) is 62.2 cm³/mol. The van der Waals surface area contributed by atoms with E-state index in [-0.39, 0.29) is 11.7 Å². The van der Waals surface area contributed by atoms with E-state index < -0.39 is 0 Å². The molecule has 4 heteroatoms. The van der Waals surface area contributed by atoms with Crippen LogP contribution in [0.15, 0.2) is 24.7 Å². The van der Waals surface area contributed by atoms with E-state index in [9.17, 15) is 4.79 Å². The maximum atomic E-state index is 11.5. The molecular weight excluding hydrogens is 224 g/mol. The lowest BCUT2D eigenvalue weighted by molar-refractivity contribution is 0.101. The molecule has 0 unspecified atom stereocenters. The number of fused-ring (bicyclic) bond motifs is 1. The Morgan fingerprint density at radius 1 is 1.50 bits per heavy atom. The highest BCUT2D eigenvalue weighted by molar-refractivity contribution is 6.31. The van der Waals surface area contributed by atoms with E-state index in [1.165, 1.54) is 18.4 Å². The van der Waals surface area contributed by atoms with Crippen LogP contribution in [0.2, 0.25) is 0 Å². The summed E-state index contributed by atoms with van der Waals surface area (Å²) in [7, 11) is 0. The molecule has 16 heavy (non-hydrogen) atoms. The Hall–Kier alpha value is -1.35. The summed E-state index contributed by atoms with van der Waals surface area (Å²) in [5.74, 6) is 0.569. The molecule has 1 aliphatic rings. The Morgan fingerprint density at radius 2 is 2.31 bits per heavy atom. The van der Waals surface area contributed by atoms with Crippen molar-refractivity contribution in [2.45, 2.75) is 18.8 Å². The van der Waals surface area contributed by atoms with E-state index in [2.05, 4.69) is 17.2 Å². The fourth-order valence-electron chi connectivity index (χ4n) is 1.95. The molecule has 3 nitrogen and oxygen atoms in total. The van der Waals surface area contributed by atoms with Gasteiger partial charge >= 0.3 is 0 Å². The number of nitrogens with zero attached hydrogens (tertiary/aromatic N) is 2. The number of ketones is 1. The van der Waals surface area contributed by atoms with Gasteiger partial charge in [0.1, 0.15) is 12.0 Å². The summed E-state index contributed by atoms with van der Waals surface area (Å²) < 4.78 is 1.91. The summed E-state index contributed by atoms with van der Waals surface area (Å²) >= 11 is 5.54. The average Bonchev–Trinajstić information content (AvgIpc) is 3.08. The number of halogens is 1. The molecular formula is C12H11ClN2O. The minimum atomic E-state index is -0.122. The van der Waals surface area contributed by atoms with Gasteiger partial charge in [0.25, 0.3) is 0 Å². The highest BCUT2D eigenvalue weighted by atomic mass is 35.5. The molecule has 1 aliphatic carbocycles. The first-order valence-corrected chi connectivity index (χ1v) is 5.89. The Bertz CT molecular complexity index is 557. The summed E-state index contributed by atoms with van der Waals surface area (Å²) in [6, 6.07) is 4.04. The van der Waals surface area contributed by atoms with Crippen LogP contribution in [0.3, 0.4) is 0 Å². The highest BCUT2D eigenvalue weighted by Gasteiger charge is 2.24. The number of hydrogen-bond donors (Lipinski definition) is 0. The van der Waals surface area contributed by atoms with Gasteiger partial charge in [0.15, 0.2) is 5.78 Å². The fourth-order valence-corrected chi connectivity index (χ4v) is 2.08. The van der Waals surface area contributed by atoms with Gasteiger partial charge in [-0.15, -0.1) is 11.6 Å². The van der Waals surface area contributed by atoms with Crippen LogP contribution >= 0.6 is 11.6 Å². The summed E-state index contributed by atoms with van der Waals surface area (Å²) in [6.45, 7) is 0. The van der Waals surface area contributed by atoms with Gasteiger partial charge in [-0.05, 0) is 30.4 Å². The lowest BCUT2D eigenvalue weighted by Crippen LogP contribution is -2.01. The lowest BCUT2D eigenvalue weighted by Gasteiger charge is -2.00. The van der Waals surface area contributed by atoms with Gasteiger partial charge in [0.05, 0.1) is 11.4 Å². The van der Waals surface area contributed by atoms with Gasteiger partial charge in [-0.25, -0.2) is 4.98 Å². The normalized spacial score (nSPS) is 15.6. The first-order chi connectivity index (χ1) is 7.79. The molecule has 0 bridgehead atoms. The molecule has 0 N–H and O–H groups in total. The monoisotopic (exact) mass is 234 g/mol. The molecule has 0 saturated heterocycles. The zero-order valence-electron chi connectivity index (χ0n) is 8.69. The molecule has 1 saturated carbocycles. The fraction of sp³-hybridized carbons (Fsp3) is 0.333. The summed E-state index contributed by atoms with van der Waals surface area (Å²) in [5.41, 5.74) is 2.64. The highest BCUT2D eigenvalue weighted by Crippen LogP contribution is 2.39. The Morgan fingerprint density at radius 3 is 3.00 bits per heavy atom. The molecule has 0 amide bonds. The van der Waals surface area contributed by atoms with Crippen LogP contribution in [-0.4, -0.2) is 21.0 Å². The third-order valence-corrected chi connectivity index (χ3v) is 3.23. The molecule has 2 heterocycles. The van der Waals surface area contributed by atoms with Gasteiger partial charge in [-0.3, -0.25) is 4.79 Å². The zero-order chi connectivity index (χ0) is 11.1. The number of hydrogen-bond acceptors (Lipinski definition) is 2. The van der Waals surface area contributed by atoms with Crippen molar-refractivity contribution in [1.29, 1.82) is 0 Å². The third-order valence-electron chi connectivity index (χ3n) is 2.99. The third kappa shape index (κ3) is 1.52. The number of Topliss-reactive ketones (excluding diaryl/α,β-unsaturated/α-hetero) is 1. The van der Waals surface area contributed by atoms with Crippen LogP contribution in [0.4, 0.5) is 0 Å². The standard InChI is InChI=1S/C12H11ClN2O/c13-5-11(16)12-10-4-3-9(8-1-2-8)6-15(10)7-14-12/h3-4,6-8H,1-2,5H2. The van der Waals surface area contributed by atoms with E-state index in [1.807, 2.05) is 10.5 Å². The van der Waals surface area contributed by atoms with Crippen molar-refractivity contribution >= 4 is 22.9 Å². The number of imidazole rings is 1. The SMILES string of the molecule is O=C(CCl)c1ncn2cc(C3CC3)ccc12. The molecule has 0 aliphatic heterocycles. The zero-order valence-corrected chi connectivity index (χ0v) is 9.44. The van der Waals surface area contributed by atoms with E-state index in [1.54, 1.807) is 6.33 Å². The molecule has 2 aromatic rings. The molecule has 0 radical (unpaired) electrons. The van der Waals surface area contributed by atoms with Crippen molar-refractivity contribution in [3.63, 3.8) is 0 Å². The first-order valence-electron chi connectivity index (χ1n) is 5.35. The van der Waals surface area contributed by atoms with Crippen molar-refractivity contribution in [1.82, 2.24) is 9.38 Å². The molecule has 1 fully saturated rings. The van der Waals surface area contributed by atoms with Gasteiger partial charge in [0.2, 0.25) is 0 Å². The average molecular weight is 235 g/mol. The Kier molecular flexibility index (Phi) is 2.21. The summed E-state index contributed by atoms with van der Waals surface area (Å²) in [6.07, 6.45) is 6.29. The number of carbonyl (C=O) groups excluding carboxylic acids is 1. The minimum absolute atomic E-state index is 0.0168. The van der Waals surface area contributed by atoms with Crippen LogP contribution in [-0.2, 0) is 0 Å². The van der Waals surface area contributed by atoms with E-state index >= 15 is 0 Å². The maximum Gasteiger partial charge on any atom is 0.198 e. The summed E-state index contributed by atoms with van der Waals surface area (Å²) in [4.78, 5) is 15.6. The van der Waals surface area contributed by atoms with Gasteiger partial charge in [-0.2, -0.15) is 0 Å². The lowest BCUT2D eigenvalue weighted by atomic mass is 10.1. The number of alkyl halides is 1. The van der Waals surface area contributed by atoms with Crippen molar-refractivity contribution in [2.75, 3.05) is 5.88 Å². The van der Waals surface area contributed by atoms with E-state index in [0.717, 1.165) is 5.52 Å². The molecule has 82 valence electrons. The smallest absolute Gasteiger partial charge is 0.198 e. The topological polar surface area (TPSA) is 34.4 Å². The second-order valence-electron chi connectivity index (χ2n) is 4.18. The molecule has 2 aromatic heterocycles. The molecule has 0 aromatic carbocycles. The molecule has 0 atom stereocenters. The second-order valence-corrected chi connectivity index (χ2v) is 4.45. The van der Waals surface area contributed by atoms with Gasteiger partial charge < -0.3 is 4.40 Å². The number of rotatable bonds is 3. The van der Waals surface area contributed by atoms with Crippen molar-refractivity contribution < 1.29 is 4.79 Å². The largest absolute Gasteiger partial charge is 0.305 e. The number of pyridine rings is 1. The van der Waals surface area contributed by atoms with Crippen LogP contribution in [0.25, 0.3) is 5.52 Å². The van der Waals surface area contributed by atoms with Crippen molar-refractivity contribution in [3.05, 3.63) is 35.9 Å². The van der Waals surface area contributed by atoms with Crippen LogP contribution in [0, 0.1) is 0 Å². The van der Waals surface area contributed by atoms with E-state index in [4.69, 9.17) is 11.6 Å². The van der Waals surface area contributed by atoms with Crippen LogP contribution in [0.5, 0.6) is 0 Å². The number of carbonyl (C=O) groups is 1. The van der Waals surface area contributed by atoms with Crippen LogP contribution < -0.4 is 0 Å². The van der Waals surface area contributed by atoms with Crippen LogP contribution in [0.1, 0.15) is 34.8 Å². The second kappa shape index (κ2) is 3.59. The predicted octanol–water partition coefficient (Wildman–Crippen LogP) is 2.63. The van der Waals surface area contributed by atoms with Gasteiger partial charge in [-0.1, -0.05) is 6.07 Å². The minimum Gasteiger partial charge on any atom is -0.305 e. The van der Waals surface area contributed by atoms with Crippen molar-refractivity contribution in [3.8, 4) is 0 Å². The van der Waals surface area contributed by atoms with E-state index in [0.29, 0.717) is 11.6 Å². The quantitative estimate of drug-likeness (QED) is 0.604. The first kappa shape index (κ1) is 9.85. The molecule has 0 spiro atoms. The Balaban J connectivity index is 2.10.